The van der Waals surface area contributed by atoms with Gasteiger partial charge in [-0.3, -0.25) is 9.80 Å². The second-order valence-electron chi connectivity index (χ2n) is 7.50. The number of fused-ring (bicyclic) bond motifs is 1. The van der Waals surface area contributed by atoms with Crippen molar-refractivity contribution in [2.45, 2.75) is 77.4 Å². The summed E-state index contributed by atoms with van der Waals surface area (Å²) < 4.78 is 0. The van der Waals surface area contributed by atoms with Gasteiger partial charge in [-0.25, -0.2) is 0 Å². The molecule has 0 radical (unpaired) electrons. The van der Waals surface area contributed by atoms with Gasteiger partial charge in [-0.05, 0) is 44.1 Å². The smallest absolute Gasteiger partial charge is 0.0249 e. The second kappa shape index (κ2) is 5.73. The maximum absolute atomic E-state index is 2.93. The first-order valence-electron chi connectivity index (χ1n) is 8.70. The van der Waals surface area contributed by atoms with E-state index < -0.39 is 0 Å². The standard InChI is InChI=1S/C17H32N2/c1-4-7-14-10-16(14)19-11-15-8-5-6-9-18(15)12-17(19)13(2)3/h13-17H,4-12H2,1-3H3. The van der Waals surface area contributed by atoms with Crippen molar-refractivity contribution in [1.29, 1.82) is 0 Å². The molecular formula is C17H32N2. The van der Waals surface area contributed by atoms with E-state index in [0.717, 1.165) is 30.0 Å². The van der Waals surface area contributed by atoms with Crippen molar-refractivity contribution in [3.8, 4) is 0 Å². The molecule has 2 heterocycles. The van der Waals surface area contributed by atoms with Crippen molar-refractivity contribution in [2.24, 2.45) is 11.8 Å². The summed E-state index contributed by atoms with van der Waals surface area (Å²) in [6.07, 6.45) is 8.67. The number of hydrogen-bond acceptors (Lipinski definition) is 2. The third-order valence-electron chi connectivity index (χ3n) is 5.76. The van der Waals surface area contributed by atoms with Crippen LogP contribution in [0.2, 0.25) is 0 Å². The van der Waals surface area contributed by atoms with Crippen LogP contribution >= 0.6 is 0 Å². The van der Waals surface area contributed by atoms with E-state index >= 15 is 0 Å². The van der Waals surface area contributed by atoms with Gasteiger partial charge in [0.05, 0.1) is 0 Å². The molecule has 1 aliphatic carbocycles. The molecule has 0 aromatic heterocycles. The molecule has 3 aliphatic rings. The molecule has 0 aromatic rings. The average Bonchev–Trinajstić information content (AvgIpc) is 3.17. The lowest BCUT2D eigenvalue weighted by Gasteiger charge is -2.50. The summed E-state index contributed by atoms with van der Waals surface area (Å²) in [5.74, 6) is 1.84. The first kappa shape index (κ1) is 13.9. The van der Waals surface area contributed by atoms with Gasteiger partial charge in [0, 0.05) is 31.2 Å². The first-order valence-corrected chi connectivity index (χ1v) is 8.70. The van der Waals surface area contributed by atoms with Gasteiger partial charge in [-0.15, -0.1) is 0 Å². The molecule has 3 rings (SSSR count). The van der Waals surface area contributed by atoms with Gasteiger partial charge in [-0.1, -0.05) is 33.6 Å². The lowest BCUT2D eigenvalue weighted by molar-refractivity contribution is -0.0146. The minimum absolute atomic E-state index is 0.811. The van der Waals surface area contributed by atoms with Crippen molar-refractivity contribution in [1.82, 2.24) is 9.80 Å². The van der Waals surface area contributed by atoms with Crippen molar-refractivity contribution >= 4 is 0 Å². The monoisotopic (exact) mass is 264 g/mol. The van der Waals surface area contributed by atoms with Crippen LogP contribution in [0.25, 0.3) is 0 Å². The SMILES string of the molecule is CCCC1CC1N1CC2CCCCN2CC1C(C)C. The normalized spacial score (nSPS) is 40.4. The molecule has 1 saturated carbocycles. The Balaban J connectivity index is 1.66. The van der Waals surface area contributed by atoms with Crippen molar-refractivity contribution in [2.75, 3.05) is 19.6 Å². The van der Waals surface area contributed by atoms with E-state index in [0.29, 0.717) is 0 Å². The Morgan fingerprint density at radius 2 is 2.00 bits per heavy atom. The van der Waals surface area contributed by atoms with E-state index in [1.807, 2.05) is 0 Å². The van der Waals surface area contributed by atoms with Gasteiger partial charge in [-0.2, -0.15) is 0 Å². The highest BCUT2D eigenvalue weighted by Gasteiger charge is 2.47. The molecule has 0 spiro atoms. The van der Waals surface area contributed by atoms with Crippen LogP contribution in [0, 0.1) is 11.8 Å². The fourth-order valence-electron chi connectivity index (χ4n) is 4.52. The highest BCUT2D eigenvalue weighted by Crippen LogP contribution is 2.43. The van der Waals surface area contributed by atoms with E-state index in [-0.39, 0.29) is 0 Å². The predicted octanol–water partition coefficient (Wildman–Crippen LogP) is 3.37. The predicted molar refractivity (Wildman–Crippen MR) is 81.3 cm³/mol. The third-order valence-corrected chi connectivity index (χ3v) is 5.76. The van der Waals surface area contributed by atoms with E-state index in [4.69, 9.17) is 0 Å². The third kappa shape index (κ3) is 2.85. The largest absolute Gasteiger partial charge is 0.298 e. The molecule has 4 unspecified atom stereocenters. The number of piperazine rings is 1. The molecule has 2 aliphatic heterocycles. The Bertz CT molecular complexity index is 302. The average molecular weight is 264 g/mol. The summed E-state index contributed by atoms with van der Waals surface area (Å²) >= 11 is 0. The Labute approximate surface area is 119 Å². The van der Waals surface area contributed by atoms with E-state index in [2.05, 4.69) is 30.6 Å². The van der Waals surface area contributed by atoms with Crippen LogP contribution in [0.3, 0.4) is 0 Å². The van der Waals surface area contributed by atoms with Crippen LogP contribution in [-0.2, 0) is 0 Å². The van der Waals surface area contributed by atoms with Crippen LogP contribution in [0.5, 0.6) is 0 Å². The quantitative estimate of drug-likeness (QED) is 0.768. The first-order chi connectivity index (χ1) is 9.20. The minimum atomic E-state index is 0.811. The fourth-order valence-corrected chi connectivity index (χ4v) is 4.52. The van der Waals surface area contributed by atoms with Crippen LogP contribution in [-0.4, -0.2) is 47.6 Å². The zero-order valence-electron chi connectivity index (χ0n) is 13.1. The van der Waals surface area contributed by atoms with Gasteiger partial charge in [0.2, 0.25) is 0 Å². The molecule has 110 valence electrons. The molecule has 3 fully saturated rings. The molecule has 0 N–H and O–H groups in total. The van der Waals surface area contributed by atoms with E-state index in [9.17, 15) is 0 Å². The zero-order valence-corrected chi connectivity index (χ0v) is 13.1. The van der Waals surface area contributed by atoms with Crippen LogP contribution in [0.1, 0.15) is 59.3 Å². The van der Waals surface area contributed by atoms with Crippen LogP contribution < -0.4 is 0 Å². The molecule has 19 heavy (non-hydrogen) atoms. The van der Waals surface area contributed by atoms with Gasteiger partial charge in [0.15, 0.2) is 0 Å². The summed E-state index contributed by atoms with van der Waals surface area (Å²) in [7, 11) is 0. The maximum Gasteiger partial charge on any atom is 0.0249 e. The number of piperidine rings is 1. The van der Waals surface area contributed by atoms with Gasteiger partial charge < -0.3 is 0 Å². The number of hydrogen-bond donors (Lipinski definition) is 0. The van der Waals surface area contributed by atoms with Gasteiger partial charge in [0.25, 0.3) is 0 Å². The Morgan fingerprint density at radius 3 is 2.74 bits per heavy atom. The van der Waals surface area contributed by atoms with Gasteiger partial charge >= 0.3 is 0 Å². The zero-order chi connectivity index (χ0) is 13.4. The van der Waals surface area contributed by atoms with Crippen LogP contribution in [0.4, 0.5) is 0 Å². The molecule has 2 saturated heterocycles. The molecule has 2 heteroatoms. The summed E-state index contributed by atoms with van der Waals surface area (Å²) in [4.78, 5) is 5.74. The van der Waals surface area contributed by atoms with Crippen molar-refractivity contribution in [3.05, 3.63) is 0 Å². The Morgan fingerprint density at radius 1 is 1.16 bits per heavy atom. The van der Waals surface area contributed by atoms with Crippen molar-refractivity contribution in [3.63, 3.8) is 0 Å². The lowest BCUT2D eigenvalue weighted by atomic mass is 9.92. The molecule has 2 nitrogen and oxygen atoms in total. The highest BCUT2D eigenvalue weighted by molar-refractivity contribution is 5.02. The van der Waals surface area contributed by atoms with E-state index in [1.165, 1.54) is 58.2 Å². The molecule has 0 bridgehead atoms. The maximum atomic E-state index is 2.93. The van der Waals surface area contributed by atoms with Gasteiger partial charge in [0.1, 0.15) is 0 Å². The summed E-state index contributed by atoms with van der Waals surface area (Å²) in [5, 5.41) is 0. The van der Waals surface area contributed by atoms with Crippen molar-refractivity contribution < 1.29 is 0 Å². The summed E-state index contributed by atoms with van der Waals surface area (Å²) in [5.41, 5.74) is 0. The van der Waals surface area contributed by atoms with Crippen LogP contribution in [0.15, 0.2) is 0 Å². The Hall–Kier alpha value is -0.0800. The molecular weight excluding hydrogens is 232 g/mol. The Kier molecular flexibility index (Phi) is 4.19. The molecule has 0 amide bonds. The lowest BCUT2D eigenvalue weighted by Crippen LogP contribution is -2.61. The fraction of sp³-hybridized carbons (Fsp3) is 1.00. The minimum Gasteiger partial charge on any atom is -0.298 e. The summed E-state index contributed by atoms with van der Waals surface area (Å²) in [6.45, 7) is 11.3. The highest BCUT2D eigenvalue weighted by atomic mass is 15.3. The van der Waals surface area contributed by atoms with E-state index in [1.54, 1.807) is 0 Å². The number of rotatable bonds is 4. The topological polar surface area (TPSA) is 6.48 Å². The number of nitrogens with zero attached hydrogens (tertiary/aromatic N) is 2. The molecule has 0 aromatic carbocycles. The second-order valence-corrected chi connectivity index (χ2v) is 7.50. The molecule has 4 atom stereocenters. The summed E-state index contributed by atoms with van der Waals surface area (Å²) in [6, 6.07) is 2.64.